The van der Waals surface area contributed by atoms with Gasteiger partial charge in [-0.1, -0.05) is 24.3 Å². The number of anilines is 1. The number of fused-ring (bicyclic) bond motifs is 1. The molecule has 23 heavy (non-hydrogen) atoms. The minimum absolute atomic E-state index is 0.423. The average Bonchev–Trinajstić information content (AvgIpc) is 2.55. The first-order valence-corrected chi connectivity index (χ1v) is 7.12. The molecule has 3 aromatic rings. The largest absolute Gasteiger partial charge is 0.378 e. The number of nitrogens with one attached hydrogen (secondary N) is 1. The number of benzene rings is 2. The Labute approximate surface area is 132 Å². The van der Waals surface area contributed by atoms with Crippen LogP contribution in [0, 0.1) is 0 Å². The van der Waals surface area contributed by atoms with Crippen LogP contribution in [-0.2, 0) is 0 Å². The first kappa shape index (κ1) is 14.8. The lowest BCUT2D eigenvalue weighted by Crippen LogP contribution is -2.32. The molecule has 2 aromatic carbocycles. The van der Waals surface area contributed by atoms with E-state index in [0.29, 0.717) is 10.9 Å². The van der Waals surface area contributed by atoms with E-state index in [2.05, 4.69) is 10.1 Å². The Morgan fingerprint density at radius 3 is 2.43 bits per heavy atom. The molecule has 116 valence electrons. The van der Waals surface area contributed by atoms with Gasteiger partial charge in [-0.05, 0) is 29.8 Å². The van der Waals surface area contributed by atoms with Gasteiger partial charge in [0.15, 0.2) is 0 Å². The smallest absolute Gasteiger partial charge is 0.349 e. The zero-order chi connectivity index (χ0) is 16.4. The highest BCUT2D eigenvalue weighted by atomic mass is 16.2. The van der Waals surface area contributed by atoms with Crippen molar-refractivity contribution in [2.24, 2.45) is 5.10 Å². The quantitative estimate of drug-likeness (QED) is 0.748. The van der Waals surface area contributed by atoms with E-state index in [1.807, 2.05) is 43.3 Å². The summed E-state index contributed by atoms with van der Waals surface area (Å²) in [6.07, 6.45) is 1.49. The third kappa shape index (κ3) is 2.91. The topological polar surface area (TPSA) is 70.5 Å². The van der Waals surface area contributed by atoms with Crippen LogP contribution in [0.1, 0.15) is 5.56 Å². The second kappa shape index (κ2) is 5.92. The van der Waals surface area contributed by atoms with Crippen LogP contribution in [0.3, 0.4) is 0 Å². The van der Waals surface area contributed by atoms with E-state index < -0.39 is 11.2 Å². The molecule has 0 radical (unpaired) electrons. The SMILES string of the molecule is CN(C)c1ccc(/C=N/n2c(=O)[nH]c3ccccc3c2=O)cc1. The molecule has 0 spiro atoms. The van der Waals surface area contributed by atoms with E-state index in [4.69, 9.17) is 0 Å². The Bertz CT molecular complexity index is 982. The molecule has 0 aliphatic heterocycles. The Morgan fingerprint density at radius 2 is 1.74 bits per heavy atom. The molecule has 1 N–H and O–H groups in total. The van der Waals surface area contributed by atoms with Crippen molar-refractivity contribution in [1.29, 1.82) is 0 Å². The summed E-state index contributed by atoms with van der Waals surface area (Å²) in [5.74, 6) is 0. The van der Waals surface area contributed by atoms with Crippen LogP contribution in [0.15, 0.2) is 63.2 Å². The molecule has 3 rings (SSSR count). The van der Waals surface area contributed by atoms with Crippen molar-refractivity contribution in [3.63, 3.8) is 0 Å². The number of rotatable bonds is 3. The van der Waals surface area contributed by atoms with Gasteiger partial charge >= 0.3 is 5.69 Å². The summed E-state index contributed by atoms with van der Waals surface area (Å²) >= 11 is 0. The molecule has 1 heterocycles. The van der Waals surface area contributed by atoms with Gasteiger partial charge in [-0.3, -0.25) is 4.79 Å². The van der Waals surface area contributed by atoms with Gasteiger partial charge in [0.05, 0.1) is 17.1 Å². The van der Waals surface area contributed by atoms with Gasteiger partial charge < -0.3 is 9.88 Å². The van der Waals surface area contributed by atoms with Crippen molar-refractivity contribution in [3.05, 3.63) is 74.9 Å². The first-order chi connectivity index (χ1) is 11.1. The maximum Gasteiger partial charge on any atom is 0.349 e. The molecule has 0 saturated carbocycles. The summed E-state index contributed by atoms with van der Waals surface area (Å²) in [6, 6.07) is 14.5. The molecule has 6 heteroatoms. The van der Waals surface area contributed by atoms with Crippen molar-refractivity contribution in [2.75, 3.05) is 19.0 Å². The van der Waals surface area contributed by atoms with Gasteiger partial charge in [-0.15, -0.1) is 4.68 Å². The number of para-hydroxylation sites is 1. The number of nitrogens with zero attached hydrogens (tertiary/aromatic N) is 3. The normalized spacial score (nSPS) is 11.2. The molecule has 0 aliphatic rings. The fourth-order valence-electron chi connectivity index (χ4n) is 2.24. The van der Waals surface area contributed by atoms with Crippen molar-refractivity contribution in [3.8, 4) is 0 Å². The highest BCUT2D eigenvalue weighted by molar-refractivity contribution is 5.81. The average molecular weight is 308 g/mol. The number of hydrogen-bond acceptors (Lipinski definition) is 4. The van der Waals surface area contributed by atoms with Crippen LogP contribution in [0.2, 0.25) is 0 Å². The van der Waals surface area contributed by atoms with E-state index in [-0.39, 0.29) is 0 Å². The zero-order valence-corrected chi connectivity index (χ0v) is 12.9. The summed E-state index contributed by atoms with van der Waals surface area (Å²) in [5, 5.41) is 4.45. The van der Waals surface area contributed by atoms with Crippen molar-refractivity contribution in [1.82, 2.24) is 9.66 Å². The van der Waals surface area contributed by atoms with E-state index in [1.165, 1.54) is 6.21 Å². The van der Waals surface area contributed by atoms with Gasteiger partial charge in [0, 0.05) is 19.8 Å². The Kier molecular flexibility index (Phi) is 3.80. The number of aromatic nitrogens is 2. The van der Waals surface area contributed by atoms with Crippen LogP contribution in [0.25, 0.3) is 10.9 Å². The fourth-order valence-corrected chi connectivity index (χ4v) is 2.24. The van der Waals surface area contributed by atoms with Crippen LogP contribution >= 0.6 is 0 Å². The molecule has 0 bridgehead atoms. The van der Waals surface area contributed by atoms with Gasteiger partial charge in [-0.25, -0.2) is 4.79 Å². The third-order valence-electron chi connectivity index (χ3n) is 3.52. The third-order valence-corrected chi connectivity index (χ3v) is 3.52. The van der Waals surface area contributed by atoms with Crippen molar-refractivity contribution < 1.29 is 0 Å². The monoisotopic (exact) mass is 308 g/mol. The Balaban J connectivity index is 2.01. The summed E-state index contributed by atoms with van der Waals surface area (Å²) in [5.41, 5.74) is 1.36. The Morgan fingerprint density at radius 1 is 1.04 bits per heavy atom. The molecule has 0 amide bonds. The van der Waals surface area contributed by atoms with Gasteiger partial charge in [0.25, 0.3) is 5.56 Å². The number of aromatic amines is 1. The predicted octanol–water partition coefficient (Wildman–Crippen LogP) is 1.64. The maximum absolute atomic E-state index is 12.3. The van der Waals surface area contributed by atoms with Crippen molar-refractivity contribution in [2.45, 2.75) is 0 Å². The van der Waals surface area contributed by atoms with Crippen LogP contribution in [-0.4, -0.2) is 30.0 Å². The van der Waals surface area contributed by atoms with E-state index >= 15 is 0 Å². The lowest BCUT2D eigenvalue weighted by Gasteiger charge is -2.11. The molecular weight excluding hydrogens is 292 g/mol. The van der Waals surface area contributed by atoms with Gasteiger partial charge in [0.2, 0.25) is 0 Å². The standard InChI is InChI=1S/C17H16N4O2/c1-20(2)13-9-7-12(8-10-13)11-18-21-16(22)14-5-3-4-6-15(14)19-17(21)23/h3-11H,1-2H3,(H,19,23)/b18-11+. The molecule has 0 aliphatic carbocycles. The lowest BCUT2D eigenvalue weighted by molar-refractivity contribution is 0.771. The van der Waals surface area contributed by atoms with Crippen LogP contribution < -0.4 is 16.1 Å². The predicted molar refractivity (Wildman–Crippen MR) is 92.6 cm³/mol. The van der Waals surface area contributed by atoms with Crippen molar-refractivity contribution >= 4 is 22.8 Å². The second-order valence-corrected chi connectivity index (χ2v) is 5.32. The minimum Gasteiger partial charge on any atom is -0.378 e. The summed E-state index contributed by atoms with van der Waals surface area (Å²) < 4.78 is 0.836. The maximum atomic E-state index is 12.3. The summed E-state index contributed by atoms with van der Waals surface area (Å²) in [4.78, 5) is 29.0. The van der Waals surface area contributed by atoms with Gasteiger partial charge in [-0.2, -0.15) is 5.10 Å². The summed E-state index contributed by atoms with van der Waals surface area (Å²) in [6.45, 7) is 0. The zero-order valence-electron chi connectivity index (χ0n) is 12.9. The first-order valence-electron chi connectivity index (χ1n) is 7.12. The molecule has 6 nitrogen and oxygen atoms in total. The fraction of sp³-hybridized carbons (Fsp3) is 0.118. The molecular formula is C17H16N4O2. The number of hydrogen-bond donors (Lipinski definition) is 1. The van der Waals surface area contributed by atoms with E-state index in [0.717, 1.165) is 15.9 Å². The molecule has 1 aromatic heterocycles. The molecule has 0 fully saturated rings. The minimum atomic E-state index is -0.560. The van der Waals surface area contributed by atoms with E-state index in [1.54, 1.807) is 24.3 Å². The van der Waals surface area contributed by atoms with Gasteiger partial charge in [0.1, 0.15) is 0 Å². The molecule has 0 saturated heterocycles. The second-order valence-electron chi connectivity index (χ2n) is 5.32. The number of H-pyrrole nitrogens is 1. The highest BCUT2D eigenvalue weighted by Gasteiger charge is 2.05. The molecule has 0 atom stereocenters. The lowest BCUT2D eigenvalue weighted by atomic mass is 10.2. The summed E-state index contributed by atoms with van der Waals surface area (Å²) in [7, 11) is 3.91. The van der Waals surface area contributed by atoms with Crippen LogP contribution in [0.5, 0.6) is 0 Å². The van der Waals surface area contributed by atoms with Crippen LogP contribution in [0.4, 0.5) is 5.69 Å². The highest BCUT2D eigenvalue weighted by Crippen LogP contribution is 2.11. The van der Waals surface area contributed by atoms with E-state index in [9.17, 15) is 9.59 Å². The molecule has 0 unspecified atom stereocenters. The Hall–Kier alpha value is -3.15.